The summed E-state index contributed by atoms with van der Waals surface area (Å²) in [7, 11) is 0. The van der Waals surface area contributed by atoms with Gasteiger partial charge in [0.15, 0.2) is 6.61 Å². The van der Waals surface area contributed by atoms with Crippen molar-refractivity contribution in [2.24, 2.45) is 0 Å². The SMILES string of the molecule is O=C(O)C1CCCCN1C(=O)COc1ccccc1Cl. The molecule has 108 valence electrons. The van der Waals surface area contributed by atoms with Crippen molar-refractivity contribution in [3.63, 3.8) is 0 Å². The number of amides is 1. The Morgan fingerprint density at radius 2 is 2.10 bits per heavy atom. The van der Waals surface area contributed by atoms with E-state index >= 15 is 0 Å². The molecule has 1 atom stereocenters. The summed E-state index contributed by atoms with van der Waals surface area (Å²) in [6, 6.07) is 6.11. The molecule has 1 fully saturated rings. The first-order chi connectivity index (χ1) is 9.59. The first-order valence-electron chi connectivity index (χ1n) is 6.49. The third kappa shape index (κ3) is 3.42. The van der Waals surface area contributed by atoms with Crippen molar-refractivity contribution in [3.05, 3.63) is 29.3 Å². The second kappa shape index (κ2) is 6.61. The molecule has 0 saturated carbocycles. The molecule has 1 aromatic carbocycles. The number of nitrogens with zero attached hydrogens (tertiary/aromatic N) is 1. The maximum atomic E-state index is 12.1. The third-order valence-electron chi connectivity index (χ3n) is 3.30. The van der Waals surface area contributed by atoms with E-state index in [4.69, 9.17) is 21.4 Å². The number of rotatable bonds is 4. The molecular weight excluding hydrogens is 282 g/mol. The van der Waals surface area contributed by atoms with Crippen LogP contribution in [-0.2, 0) is 9.59 Å². The quantitative estimate of drug-likeness (QED) is 0.925. The minimum absolute atomic E-state index is 0.201. The van der Waals surface area contributed by atoms with Crippen LogP contribution in [0.2, 0.25) is 5.02 Å². The molecular formula is C14H16ClNO4. The van der Waals surface area contributed by atoms with Crippen LogP contribution >= 0.6 is 11.6 Å². The number of hydrogen-bond acceptors (Lipinski definition) is 3. The van der Waals surface area contributed by atoms with E-state index in [-0.39, 0.29) is 12.5 Å². The number of hydrogen-bond donors (Lipinski definition) is 1. The van der Waals surface area contributed by atoms with E-state index in [0.717, 1.165) is 12.8 Å². The van der Waals surface area contributed by atoms with E-state index in [9.17, 15) is 9.59 Å². The second-order valence-electron chi connectivity index (χ2n) is 4.66. The van der Waals surface area contributed by atoms with Crippen LogP contribution in [0.4, 0.5) is 0 Å². The number of halogens is 1. The Balaban J connectivity index is 1.97. The number of carboxylic acids is 1. The van der Waals surface area contributed by atoms with E-state index in [1.54, 1.807) is 24.3 Å². The van der Waals surface area contributed by atoms with Gasteiger partial charge in [-0.1, -0.05) is 23.7 Å². The number of carboxylic acid groups (broad SMARTS) is 1. The van der Waals surface area contributed by atoms with E-state index in [2.05, 4.69) is 0 Å². The van der Waals surface area contributed by atoms with Crippen LogP contribution in [0.25, 0.3) is 0 Å². The zero-order valence-corrected chi connectivity index (χ0v) is 11.7. The van der Waals surface area contributed by atoms with Crippen LogP contribution in [0.1, 0.15) is 19.3 Å². The Labute approximate surface area is 122 Å². The van der Waals surface area contributed by atoms with Crippen molar-refractivity contribution in [3.8, 4) is 5.75 Å². The molecule has 0 spiro atoms. The summed E-state index contributed by atoms with van der Waals surface area (Å²) in [6.45, 7) is 0.259. The summed E-state index contributed by atoms with van der Waals surface area (Å²) in [4.78, 5) is 24.6. The normalized spacial score (nSPS) is 18.6. The zero-order valence-electron chi connectivity index (χ0n) is 10.9. The standard InChI is InChI=1S/C14H16ClNO4/c15-10-5-1-2-7-12(10)20-9-13(17)16-8-4-3-6-11(16)14(18)19/h1-2,5,7,11H,3-4,6,8-9H2,(H,18,19). The van der Waals surface area contributed by atoms with Gasteiger partial charge in [0.1, 0.15) is 11.8 Å². The van der Waals surface area contributed by atoms with Crippen molar-refractivity contribution in [2.45, 2.75) is 25.3 Å². The number of likely N-dealkylation sites (tertiary alicyclic amines) is 1. The highest BCUT2D eigenvalue weighted by molar-refractivity contribution is 6.32. The predicted molar refractivity (Wildman–Crippen MR) is 73.9 cm³/mol. The van der Waals surface area contributed by atoms with Gasteiger partial charge < -0.3 is 14.7 Å². The maximum Gasteiger partial charge on any atom is 0.326 e. The van der Waals surface area contributed by atoms with Crippen molar-refractivity contribution in [1.29, 1.82) is 0 Å². The van der Waals surface area contributed by atoms with Gasteiger partial charge in [0, 0.05) is 6.54 Å². The minimum Gasteiger partial charge on any atom is -0.482 e. The average Bonchev–Trinajstić information content (AvgIpc) is 2.46. The van der Waals surface area contributed by atoms with Gasteiger partial charge >= 0.3 is 5.97 Å². The average molecular weight is 298 g/mol. The van der Waals surface area contributed by atoms with Crippen LogP contribution in [0.3, 0.4) is 0 Å². The zero-order chi connectivity index (χ0) is 14.5. The monoisotopic (exact) mass is 297 g/mol. The molecule has 1 aliphatic heterocycles. The molecule has 2 rings (SSSR count). The Morgan fingerprint density at radius 1 is 1.35 bits per heavy atom. The summed E-state index contributed by atoms with van der Waals surface area (Å²) < 4.78 is 5.36. The van der Waals surface area contributed by atoms with Crippen LogP contribution in [0.5, 0.6) is 5.75 Å². The Bertz CT molecular complexity index is 506. The first-order valence-corrected chi connectivity index (χ1v) is 6.87. The molecule has 1 heterocycles. The van der Waals surface area contributed by atoms with Gasteiger partial charge in [-0.15, -0.1) is 0 Å². The third-order valence-corrected chi connectivity index (χ3v) is 3.61. The van der Waals surface area contributed by atoms with Crippen molar-refractivity contribution < 1.29 is 19.4 Å². The Morgan fingerprint density at radius 3 is 2.80 bits per heavy atom. The van der Waals surface area contributed by atoms with Crippen molar-refractivity contribution in [1.82, 2.24) is 4.90 Å². The lowest BCUT2D eigenvalue weighted by atomic mass is 10.0. The molecule has 1 aromatic rings. The summed E-state index contributed by atoms with van der Waals surface area (Å²) in [6.07, 6.45) is 2.14. The minimum atomic E-state index is -0.962. The molecule has 1 unspecified atom stereocenters. The van der Waals surface area contributed by atoms with Crippen molar-refractivity contribution in [2.75, 3.05) is 13.2 Å². The van der Waals surface area contributed by atoms with Gasteiger partial charge in [0.25, 0.3) is 5.91 Å². The van der Waals surface area contributed by atoms with E-state index < -0.39 is 12.0 Å². The highest BCUT2D eigenvalue weighted by Gasteiger charge is 2.31. The molecule has 0 aliphatic carbocycles. The Hall–Kier alpha value is -1.75. The topological polar surface area (TPSA) is 66.8 Å². The lowest BCUT2D eigenvalue weighted by molar-refractivity contribution is -0.152. The second-order valence-corrected chi connectivity index (χ2v) is 5.06. The van der Waals surface area contributed by atoms with Gasteiger partial charge in [-0.25, -0.2) is 4.79 Å². The number of carbonyl (C=O) groups excluding carboxylic acids is 1. The lowest BCUT2D eigenvalue weighted by Crippen LogP contribution is -2.49. The summed E-state index contributed by atoms with van der Waals surface area (Å²) >= 11 is 5.93. The number of benzene rings is 1. The van der Waals surface area contributed by atoms with Crippen molar-refractivity contribution >= 4 is 23.5 Å². The van der Waals surface area contributed by atoms with Gasteiger partial charge in [-0.2, -0.15) is 0 Å². The van der Waals surface area contributed by atoms with Gasteiger partial charge in [-0.05, 0) is 31.4 Å². The first kappa shape index (κ1) is 14.7. The fraction of sp³-hybridized carbons (Fsp3) is 0.429. The molecule has 1 amide bonds. The molecule has 5 nitrogen and oxygen atoms in total. The smallest absolute Gasteiger partial charge is 0.326 e. The fourth-order valence-corrected chi connectivity index (χ4v) is 2.46. The Kier molecular flexibility index (Phi) is 4.84. The summed E-state index contributed by atoms with van der Waals surface area (Å²) in [5.41, 5.74) is 0. The highest BCUT2D eigenvalue weighted by atomic mass is 35.5. The number of carbonyl (C=O) groups is 2. The molecule has 1 N–H and O–H groups in total. The molecule has 0 bridgehead atoms. The molecule has 1 saturated heterocycles. The predicted octanol–water partition coefficient (Wildman–Crippen LogP) is 2.18. The van der Waals surface area contributed by atoms with E-state index in [1.807, 2.05) is 0 Å². The molecule has 0 radical (unpaired) electrons. The largest absolute Gasteiger partial charge is 0.482 e. The van der Waals surface area contributed by atoms with Crippen LogP contribution in [0.15, 0.2) is 24.3 Å². The number of ether oxygens (including phenoxy) is 1. The van der Waals surface area contributed by atoms with Crippen LogP contribution in [0, 0.1) is 0 Å². The van der Waals surface area contributed by atoms with Gasteiger partial charge in [0.05, 0.1) is 5.02 Å². The maximum absolute atomic E-state index is 12.1. The lowest BCUT2D eigenvalue weighted by Gasteiger charge is -2.32. The molecule has 6 heteroatoms. The summed E-state index contributed by atoms with van der Waals surface area (Å²) in [5.74, 6) is -0.862. The number of para-hydroxylation sites is 1. The van der Waals surface area contributed by atoms with Gasteiger partial charge in [-0.3, -0.25) is 4.79 Å². The van der Waals surface area contributed by atoms with Crippen LogP contribution < -0.4 is 4.74 Å². The highest BCUT2D eigenvalue weighted by Crippen LogP contribution is 2.23. The van der Waals surface area contributed by atoms with E-state index in [0.29, 0.717) is 23.7 Å². The molecule has 20 heavy (non-hydrogen) atoms. The van der Waals surface area contributed by atoms with Gasteiger partial charge in [0.2, 0.25) is 0 Å². The van der Waals surface area contributed by atoms with Crippen LogP contribution in [-0.4, -0.2) is 41.1 Å². The molecule has 0 aromatic heterocycles. The number of piperidine rings is 1. The fourth-order valence-electron chi connectivity index (χ4n) is 2.27. The van der Waals surface area contributed by atoms with E-state index in [1.165, 1.54) is 4.90 Å². The summed E-state index contributed by atoms with van der Waals surface area (Å²) in [5, 5.41) is 9.56. The molecule has 1 aliphatic rings. The number of aliphatic carboxylic acids is 1.